The number of aromatic nitrogens is 4. The Morgan fingerprint density at radius 2 is 2.29 bits per heavy atom. The number of H-pyrrole nitrogens is 2. The minimum atomic E-state index is -0.312. The summed E-state index contributed by atoms with van der Waals surface area (Å²) in [5.74, 6) is 0.272. The quantitative estimate of drug-likeness (QED) is 0.471. The summed E-state index contributed by atoms with van der Waals surface area (Å²) in [6, 6.07) is 4.93. The second-order valence-corrected chi connectivity index (χ2v) is 6.09. The molecular formula is C14H12ClN5O3S. The summed E-state index contributed by atoms with van der Waals surface area (Å²) in [5.41, 5.74) is 0.535. The Morgan fingerprint density at radius 1 is 1.46 bits per heavy atom. The number of nitrogens with zero attached hydrogens (tertiary/aromatic N) is 2. The molecule has 0 saturated carbocycles. The number of carbonyl (C=O) groups excluding carboxylic acids is 1. The molecule has 124 valence electrons. The van der Waals surface area contributed by atoms with Crippen LogP contribution in [0.3, 0.4) is 0 Å². The molecule has 8 nitrogen and oxygen atoms in total. The molecule has 0 atom stereocenters. The second-order valence-electron chi connectivity index (χ2n) is 4.68. The van der Waals surface area contributed by atoms with Crippen molar-refractivity contribution in [1.82, 2.24) is 20.2 Å². The number of hydrogen-bond acceptors (Lipinski definition) is 6. The van der Waals surface area contributed by atoms with Crippen molar-refractivity contribution in [2.75, 3.05) is 18.2 Å². The first-order chi connectivity index (χ1) is 11.6. The largest absolute Gasteiger partial charge is 0.495 e. The SMILES string of the molecule is COc1ccc(Cl)cc1NC(=O)CSc1nc2[nH]ncc2c(=O)[nH]1. The predicted molar refractivity (Wildman–Crippen MR) is 91.9 cm³/mol. The van der Waals surface area contributed by atoms with Crippen LogP contribution in [-0.2, 0) is 4.79 Å². The van der Waals surface area contributed by atoms with E-state index in [0.717, 1.165) is 11.8 Å². The highest BCUT2D eigenvalue weighted by atomic mass is 35.5. The first-order valence-corrected chi connectivity index (χ1v) is 8.13. The highest BCUT2D eigenvalue weighted by Crippen LogP contribution is 2.28. The van der Waals surface area contributed by atoms with Crippen molar-refractivity contribution in [3.8, 4) is 5.75 Å². The zero-order valence-corrected chi connectivity index (χ0v) is 14.0. The summed E-state index contributed by atoms with van der Waals surface area (Å²) in [5, 5.41) is 10.3. The number of thioether (sulfide) groups is 1. The lowest BCUT2D eigenvalue weighted by Crippen LogP contribution is -2.16. The van der Waals surface area contributed by atoms with Crippen molar-refractivity contribution in [1.29, 1.82) is 0 Å². The summed E-state index contributed by atoms with van der Waals surface area (Å²) in [6.45, 7) is 0. The zero-order chi connectivity index (χ0) is 17.1. The number of amides is 1. The van der Waals surface area contributed by atoms with Crippen molar-refractivity contribution in [3.05, 3.63) is 39.8 Å². The minimum Gasteiger partial charge on any atom is -0.495 e. The molecular weight excluding hydrogens is 354 g/mol. The van der Waals surface area contributed by atoms with Gasteiger partial charge in [-0.2, -0.15) is 5.10 Å². The highest BCUT2D eigenvalue weighted by molar-refractivity contribution is 7.99. The Balaban J connectivity index is 1.69. The lowest BCUT2D eigenvalue weighted by molar-refractivity contribution is -0.113. The average molecular weight is 366 g/mol. The van der Waals surface area contributed by atoms with Crippen LogP contribution in [-0.4, -0.2) is 38.9 Å². The van der Waals surface area contributed by atoms with Crippen molar-refractivity contribution in [2.24, 2.45) is 0 Å². The van der Waals surface area contributed by atoms with Gasteiger partial charge in [-0.1, -0.05) is 23.4 Å². The standard InChI is InChI=1S/C14H12ClN5O3S/c1-23-10-3-2-7(15)4-9(10)17-11(21)6-24-14-18-12-8(5-16-20-12)13(22)19-14/h2-5H,6H2,1H3,(H,17,21)(H2,16,18,19,20,22). The van der Waals surface area contributed by atoms with Crippen LogP contribution >= 0.6 is 23.4 Å². The van der Waals surface area contributed by atoms with Gasteiger partial charge in [0.25, 0.3) is 5.56 Å². The number of fused-ring (bicyclic) bond motifs is 1. The van der Waals surface area contributed by atoms with Crippen LogP contribution in [0.15, 0.2) is 34.3 Å². The molecule has 1 amide bonds. The minimum absolute atomic E-state index is 0.0538. The molecule has 10 heteroatoms. The van der Waals surface area contributed by atoms with Crippen molar-refractivity contribution in [3.63, 3.8) is 0 Å². The molecule has 2 aromatic heterocycles. The predicted octanol–water partition coefficient (Wildman–Crippen LogP) is 2.04. The second kappa shape index (κ2) is 6.93. The lowest BCUT2D eigenvalue weighted by atomic mass is 10.3. The van der Waals surface area contributed by atoms with E-state index < -0.39 is 0 Å². The average Bonchev–Trinajstić information content (AvgIpc) is 3.02. The highest BCUT2D eigenvalue weighted by Gasteiger charge is 2.11. The van der Waals surface area contributed by atoms with Crippen LogP contribution in [0, 0.1) is 0 Å². The number of ether oxygens (including phenoxy) is 1. The van der Waals surface area contributed by atoms with Gasteiger partial charge in [0.15, 0.2) is 10.8 Å². The van der Waals surface area contributed by atoms with Gasteiger partial charge in [-0.3, -0.25) is 14.7 Å². The Morgan fingerprint density at radius 3 is 3.08 bits per heavy atom. The van der Waals surface area contributed by atoms with Gasteiger partial charge in [0.1, 0.15) is 11.1 Å². The van der Waals surface area contributed by atoms with E-state index in [-0.39, 0.29) is 17.2 Å². The van der Waals surface area contributed by atoms with Gasteiger partial charge in [0.05, 0.1) is 24.7 Å². The number of aromatic amines is 2. The van der Waals surface area contributed by atoms with E-state index in [1.807, 2.05) is 0 Å². The van der Waals surface area contributed by atoms with Gasteiger partial charge in [-0.05, 0) is 18.2 Å². The van der Waals surface area contributed by atoms with Crippen LogP contribution in [0.25, 0.3) is 11.0 Å². The van der Waals surface area contributed by atoms with E-state index >= 15 is 0 Å². The fourth-order valence-corrected chi connectivity index (χ4v) is 2.82. The van der Waals surface area contributed by atoms with Gasteiger partial charge in [-0.15, -0.1) is 0 Å². The summed E-state index contributed by atoms with van der Waals surface area (Å²) in [4.78, 5) is 30.7. The molecule has 0 saturated heterocycles. The Labute approximate surface area is 145 Å². The number of anilines is 1. The molecule has 24 heavy (non-hydrogen) atoms. The third kappa shape index (κ3) is 3.52. The zero-order valence-electron chi connectivity index (χ0n) is 12.4. The Kier molecular flexibility index (Phi) is 4.72. The molecule has 3 N–H and O–H groups in total. The number of carbonyl (C=O) groups is 1. The fourth-order valence-electron chi connectivity index (χ4n) is 1.99. The molecule has 0 aliphatic rings. The van der Waals surface area contributed by atoms with Crippen LogP contribution in [0.4, 0.5) is 5.69 Å². The van der Waals surface area contributed by atoms with E-state index in [4.69, 9.17) is 16.3 Å². The van der Waals surface area contributed by atoms with E-state index in [0.29, 0.717) is 32.6 Å². The van der Waals surface area contributed by atoms with Gasteiger partial charge < -0.3 is 15.0 Å². The molecule has 0 fully saturated rings. The number of benzene rings is 1. The van der Waals surface area contributed by atoms with Crippen LogP contribution in [0.2, 0.25) is 5.02 Å². The maximum Gasteiger partial charge on any atom is 0.262 e. The smallest absolute Gasteiger partial charge is 0.262 e. The monoisotopic (exact) mass is 365 g/mol. The number of rotatable bonds is 5. The number of methoxy groups -OCH3 is 1. The van der Waals surface area contributed by atoms with Crippen molar-refractivity contribution < 1.29 is 9.53 Å². The number of nitrogens with one attached hydrogen (secondary N) is 3. The molecule has 3 aromatic rings. The van der Waals surface area contributed by atoms with Crippen LogP contribution in [0.5, 0.6) is 5.75 Å². The topological polar surface area (TPSA) is 113 Å². The molecule has 0 spiro atoms. The molecule has 0 aliphatic heterocycles. The molecule has 3 rings (SSSR count). The van der Waals surface area contributed by atoms with E-state index in [2.05, 4.69) is 25.5 Å². The third-order valence-corrected chi connectivity index (χ3v) is 4.18. The van der Waals surface area contributed by atoms with Crippen molar-refractivity contribution in [2.45, 2.75) is 5.16 Å². The van der Waals surface area contributed by atoms with Crippen LogP contribution in [0.1, 0.15) is 0 Å². The van der Waals surface area contributed by atoms with Crippen LogP contribution < -0.4 is 15.6 Å². The third-order valence-electron chi connectivity index (χ3n) is 3.07. The number of hydrogen-bond donors (Lipinski definition) is 3. The molecule has 2 heterocycles. The normalized spacial score (nSPS) is 10.8. The van der Waals surface area contributed by atoms with Gasteiger partial charge >= 0.3 is 0 Å². The first-order valence-electron chi connectivity index (χ1n) is 6.76. The molecule has 1 aromatic carbocycles. The maximum atomic E-state index is 12.1. The summed E-state index contributed by atoms with van der Waals surface area (Å²) in [6.07, 6.45) is 1.40. The molecule has 0 aliphatic carbocycles. The maximum absolute atomic E-state index is 12.1. The van der Waals surface area contributed by atoms with Gasteiger partial charge in [0, 0.05) is 5.02 Å². The van der Waals surface area contributed by atoms with Gasteiger partial charge in [0.2, 0.25) is 5.91 Å². The van der Waals surface area contributed by atoms with Crippen molar-refractivity contribution >= 4 is 46.0 Å². The Bertz CT molecular complexity index is 955. The molecule has 0 unspecified atom stereocenters. The molecule has 0 bridgehead atoms. The first kappa shape index (κ1) is 16.3. The summed E-state index contributed by atoms with van der Waals surface area (Å²) in [7, 11) is 1.50. The fraction of sp³-hybridized carbons (Fsp3) is 0.143. The lowest BCUT2D eigenvalue weighted by Gasteiger charge is -2.10. The van der Waals surface area contributed by atoms with E-state index in [1.54, 1.807) is 18.2 Å². The molecule has 0 radical (unpaired) electrons. The summed E-state index contributed by atoms with van der Waals surface area (Å²) < 4.78 is 5.17. The van der Waals surface area contributed by atoms with E-state index in [1.165, 1.54) is 13.3 Å². The summed E-state index contributed by atoms with van der Waals surface area (Å²) >= 11 is 7.02. The van der Waals surface area contributed by atoms with E-state index in [9.17, 15) is 9.59 Å². The number of halogens is 1. The Hall–Kier alpha value is -2.52. The van der Waals surface area contributed by atoms with Gasteiger partial charge in [-0.25, -0.2) is 4.98 Å².